The summed E-state index contributed by atoms with van der Waals surface area (Å²) in [6.45, 7) is 4.51. The molecule has 0 saturated heterocycles. The number of hydrogen-bond donors (Lipinski definition) is 2. The van der Waals surface area contributed by atoms with Gasteiger partial charge in [-0.1, -0.05) is 12.1 Å². The molecule has 1 aliphatic carbocycles. The monoisotopic (exact) mass is 438 g/mol. The zero-order valence-electron chi connectivity index (χ0n) is 17.3. The summed E-state index contributed by atoms with van der Waals surface area (Å²) in [6.07, 6.45) is 3.34. The van der Waals surface area contributed by atoms with Gasteiger partial charge in [-0.25, -0.2) is 14.6 Å². The summed E-state index contributed by atoms with van der Waals surface area (Å²) >= 11 is 1.77. The SMILES string of the molecule is Cc1ccc(CNC(=O)c2nc3n(c(=O)c2O)CCSC32CC2)c(-n2ncnc2C)c1. The van der Waals surface area contributed by atoms with Crippen molar-refractivity contribution in [3.05, 3.63) is 63.3 Å². The van der Waals surface area contributed by atoms with Crippen LogP contribution in [0.15, 0.2) is 29.3 Å². The molecule has 2 aromatic heterocycles. The van der Waals surface area contributed by atoms with Crippen molar-refractivity contribution in [3.63, 3.8) is 0 Å². The van der Waals surface area contributed by atoms with Gasteiger partial charge in [0.1, 0.15) is 18.0 Å². The molecular formula is C21H22N6O3S. The Morgan fingerprint density at radius 3 is 2.84 bits per heavy atom. The van der Waals surface area contributed by atoms with E-state index in [0.29, 0.717) is 12.4 Å². The Bertz CT molecular complexity index is 1260. The molecule has 5 rings (SSSR count). The standard InChI is InChI=1S/C21H22N6O3S/c1-12-3-4-14(15(9-12)27-13(2)23-11-24-27)10-22-18(29)16-17(28)19(30)26-7-8-31-21(5-6-21)20(26)25-16/h3-4,9,11,28H,5-8,10H2,1-2H3,(H,22,29). The molecule has 160 valence electrons. The Kier molecular flexibility index (Phi) is 4.62. The highest BCUT2D eigenvalue weighted by Gasteiger charge is 2.51. The van der Waals surface area contributed by atoms with E-state index in [1.165, 1.54) is 10.9 Å². The maximum atomic E-state index is 12.9. The van der Waals surface area contributed by atoms with Crippen LogP contribution < -0.4 is 10.9 Å². The van der Waals surface area contributed by atoms with Crippen molar-refractivity contribution in [2.75, 3.05) is 5.75 Å². The van der Waals surface area contributed by atoms with Gasteiger partial charge in [-0.15, -0.1) is 11.8 Å². The van der Waals surface area contributed by atoms with E-state index < -0.39 is 17.2 Å². The van der Waals surface area contributed by atoms with Crippen molar-refractivity contribution >= 4 is 17.7 Å². The van der Waals surface area contributed by atoms with Gasteiger partial charge in [0.05, 0.1) is 10.4 Å². The molecule has 0 bridgehead atoms. The summed E-state index contributed by atoms with van der Waals surface area (Å²) in [5.41, 5.74) is 1.93. The molecular weight excluding hydrogens is 416 g/mol. The van der Waals surface area contributed by atoms with Gasteiger partial charge >= 0.3 is 0 Å². The van der Waals surface area contributed by atoms with Crippen LogP contribution in [-0.2, 0) is 17.8 Å². The summed E-state index contributed by atoms with van der Waals surface area (Å²) in [6, 6.07) is 5.83. The van der Waals surface area contributed by atoms with Crippen LogP contribution in [0.25, 0.3) is 5.69 Å². The molecule has 1 fully saturated rings. The Balaban J connectivity index is 1.45. The van der Waals surface area contributed by atoms with Gasteiger partial charge in [-0.05, 0) is 43.9 Å². The molecule has 3 aromatic rings. The molecule has 1 amide bonds. The number of amides is 1. The number of nitrogens with zero attached hydrogens (tertiary/aromatic N) is 5. The number of fused-ring (bicyclic) bond motifs is 2. The maximum absolute atomic E-state index is 12.9. The Morgan fingerprint density at radius 1 is 1.32 bits per heavy atom. The van der Waals surface area contributed by atoms with E-state index in [9.17, 15) is 14.7 Å². The van der Waals surface area contributed by atoms with E-state index in [4.69, 9.17) is 0 Å². The van der Waals surface area contributed by atoms with Gasteiger partial charge in [0.2, 0.25) is 5.75 Å². The number of aromatic nitrogens is 5. The fraction of sp³-hybridized carbons (Fsp3) is 0.381. The Labute approximate surface area is 182 Å². The normalized spacial score (nSPS) is 16.2. The van der Waals surface area contributed by atoms with Crippen molar-refractivity contribution in [3.8, 4) is 11.4 Å². The second kappa shape index (κ2) is 7.23. The van der Waals surface area contributed by atoms with Crippen molar-refractivity contribution in [2.24, 2.45) is 0 Å². The minimum absolute atomic E-state index is 0.186. The van der Waals surface area contributed by atoms with Gasteiger partial charge in [0.15, 0.2) is 5.69 Å². The first-order valence-electron chi connectivity index (χ1n) is 10.1. The first kappa shape index (κ1) is 19.8. The molecule has 1 aliphatic heterocycles. The molecule has 1 spiro atoms. The lowest BCUT2D eigenvalue weighted by atomic mass is 10.1. The fourth-order valence-electron chi connectivity index (χ4n) is 3.95. The van der Waals surface area contributed by atoms with Crippen LogP contribution >= 0.6 is 11.8 Å². The number of nitrogens with one attached hydrogen (secondary N) is 1. The van der Waals surface area contributed by atoms with Crippen molar-refractivity contribution in [1.82, 2.24) is 29.6 Å². The van der Waals surface area contributed by atoms with E-state index in [2.05, 4.69) is 20.4 Å². The number of aryl methyl sites for hydroxylation is 2. The fourth-order valence-corrected chi connectivity index (χ4v) is 5.29. The van der Waals surface area contributed by atoms with Crippen LogP contribution in [0.4, 0.5) is 0 Å². The zero-order valence-corrected chi connectivity index (χ0v) is 18.1. The van der Waals surface area contributed by atoms with E-state index in [1.807, 2.05) is 32.0 Å². The second-order valence-corrected chi connectivity index (χ2v) is 9.44. The van der Waals surface area contributed by atoms with Crippen molar-refractivity contribution < 1.29 is 9.90 Å². The minimum atomic E-state index is -0.597. The van der Waals surface area contributed by atoms with E-state index in [1.54, 1.807) is 16.4 Å². The number of rotatable bonds is 4. The number of thioether (sulfide) groups is 1. The van der Waals surface area contributed by atoms with Crippen LogP contribution in [0, 0.1) is 13.8 Å². The summed E-state index contributed by atoms with van der Waals surface area (Å²) in [4.78, 5) is 34.2. The van der Waals surface area contributed by atoms with Gasteiger partial charge in [-0.3, -0.25) is 14.2 Å². The topological polar surface area (TPSA) is 115 Å². The first-order valence-corrected chi connectivity index (χ1v) is 11.1. The first-order chi connectivity index (χ1) is 14.9. The summed E-state index contributed by atoms with van der Waals surface area (Å²) in [5, 5.41) is 17.5. The zero-order chi connectivity index (χ0) is 21.8. The van der Waals surface area contributed by atoms with Crippen LogP contribution in [-0.4, -0.2) is 41.1 Å². The molecule has 1 aromatic carbocycles. The average Bonchev–Trinajstić information content (AvgIpc) is 3.39. The average molecular weight is 439 g/mol. The number of hydrogen-bond acceptors (Lipinski definition) is 7. The maximum Gasteiger partial charge on any atom is 0.296 e. The van der Waals surface area contributed by atoms with Gasteiger partial charge in [-0.2, -0.15) is 5.10 Å². The molecule has 10 heteroatoms. The van der Waals surface area contributed by atoms with Crippen LogP contribution in [0.2, 0.25) is 0 Å². The quantitative estimate of drug-likeness (QED) is 0.638. The van der Waals surface area contributed by atoms with E-state index >= 15 is 0 Å². The van der Waals surface area contributed by atoms with Gasteiger partial charge < -0.3 is 10.4 Å². The molecule has 3 heterocycles. The predicted molar refractivity (Wildman–Crippen MR) is 116 cm³/mol. The van der Waals surface area contributed by atoms with Crippen LogP contribution in [0.1, 0.15) is 46.1 Å². The molecule has 0 radical (unpaired) electrons. The molecule has 0 unspecified atom stereocenters. The third-order valence-electron chi connectivity index (χ3n) is 5.79. The smallest absolute Gasteiger partial charge is 0.296 e. The lowest BCUT2D eigenvalue weighted by molar-refractivity contribution is 0.0941. The number of benzene rings is 1. The Hall–Kier alpha value is -3.14. The predicted octanol–water partition coefficient (Wildman–Crippen LogP) is 1.81. The Morgan fingerprint density at radius 2 is 2.13 bits per heavy atom. The highest BCUT2D eigenvalue weighted by Crippen LogP contribution is 2.57. The molecule has 31 heavy (non-hydrogen) atoms. The lowest BCUT2D eigenvalue weighted by Gasteiger charge is -2.25. The third kappa shape index (κ3) is 3.31. The lowest BCUT2D eigenvalue weighted by Crippen LogP contribution is -2.36. The van der Waals surface area contributed by atoms with Gasteiger partial charge in [0, 0.05) is 18.8 Å². The molecule has 9 nitrogen and oxygen atoms in total. The van der Waals surface area contributed by atoms with Gasteiger partial charge in [0.25, 0.3) is 11.5 Å². The summed E-state index contributed by atoms with van der Waals surface area (Å²) in [7, 11) is 0. The molecule has 0 atom stereocenters. The number of carbonyl (C=O) groups is 1. The van der Waals surface area contributed by atoms with E-state index in [0.717, 1.165) is 41.2 Å². The van der Waals surface area contributed by atoms with E-state index in [-0.39, 0.29) is 17.0 Å². The summed E-state index contributed by atoms with van der Waals surface area (Å²) in [5.74, 6) is 0.960. The highest BCUT2D eigenvalue weighted by atomic mass is 32.2. The second-order valence-electron chi connectivity index (χ2n) is 7.97. The largest absolute Gasteiger partial charge is 0.501 e. The highest BCUT2D eigenvalue weighted by molar-refractivity contribution is 8.00. The molecule has 2 aliphatic rings. The van der Waals surface area contributed by atoms with Crippen LogP contribution in [0.5, 0.6) is 5.75 Å². The molecule has 1 saturated carbocycles. The third-order valence-corrected chi connectivity index (χ3v) is 7.32. The van der Waals surface area contributed by atoms with Crippen molar-refractivity contribution in [2.45, 2.75) is 44.5 Å². The minimum Gasteiger partial charge on any atom is -0.501 e. The summed E-state index contributed by atoms with van der Waals surface area (Å²) < 4.78 is 3.04. The number of aromatic hydroxyl groups is 1. The number of carbonyl (C=O) groups excluding carboxylic acids is 1. The van der Waals surface area contributed by atoms with Crippen LogP contribution in [0.3, 0.4) is 0 Å². The van der Waals surface area contributed by atoms with Crippen molar-refractivity contribution in [1.29, 1.82) is 0 Å². The molecule has 2 N–H and O–H groups in total.